The predicted octanol–water partition coefficient (Wildman–Crippen LogP) is 4.10. The van der Waals surface area contributed by atoms with E-state index in [-0.39, 0.29) is 0 Å². The molecule has 0 unspecified atom stereocenters. The summed E-state index contributed by atoms with van der Waals surface area (Å²) in [6, 6.07) is 18.5. The molecule has 1 aromatic heterocycles. The molecule has 3 rings (SSSR count). The second kappa shape index (κ2) is 5.83. The molecule has 0 radical (unpaired) electrons. The summed E-state index contributed by atoms with van der Waals surface area (Å²) in [4.78, 5) is 0. The van der Waals surface area contributed by atoms with Crippen molar-refractivity contribution in [1.82, 2.24) is 9.78 Å². The second-order valence-electron chi connectivity index (χ2n) is 5.21. The summed E-state index contributed by atoms with van der Waals surface area (Å²) in [6.45, 7) is 4.97. The van der Waals surface area contributed by atoms with Crippen LogP contribution < -0.4 is 5.32 Å². The maximum atomic E-state index is 4.61. The van der Waals surface area contributed by atoms with Gasteiger partial charge in [0.25, 0.3) is 0 Å². The van der Waals surface area contributed by atoms with Gasteiger partial charge in [0.1, 0.15) is 0 Å². The number of nitrogens with zero attached hydrogens (tertiary/aromatic N) is 2. The molecule has 106 valence electrons. The van der Waals surface area contributed by atoms with Crippen LogP contribution in [0.3, 0.4) is 0 Å². The topological polar surface area (TPSA) is 29.9 Å². The van der Waals surface area contributed by atoms with Crippen molar-refractivity contribution >= 4 is 5.69 Å². The fourth-order valence-corrected chi connectivity index (χ4v) is 2.45. The van der Waals surface area contributed by atoms with Crippen molar-refractivity contribution in [2.45, 2.75) is 20.4 Å². The number of rotatable bonds is 4. The average Bonchev–Trinajstić information content (AvgIpc) is 2.97. The van der Waals surface area contributed by atoms with E-state index in [1.165, 1.54) is 16.8 Å². The zero-order valence-corrected chi connectivity index (χ0v) is 12.4. The number of benzene rings is 2. The highest BCUT2D eigenvalue weighted by Gasteiger charge is 2.04. The van der Waals surface area contributed by atoms with E-state index in [1.807, 2.05) is 35.1 Å². The van der Waals surface area contributed by atoms with Gasteiger partial charge in [-0.1, -0.05) is 36.4 Å². The smallest absolute Gasteiger partial charge is 0.0819 e. The number of para-hydroxylation sites is 2. The van der Waals surface area contributed by atoms with Gasteiger partial charge in [-0.2, -0.15) is 5.10 Å². The van der Waals surface area contributed by atoms with Crippen molar-refractivity contribution in [3.63, 3.8) is 0 Å². The van der Waals surface area contributed by atoms with Crippen molar-refractivity contribution in [3.05, 3.63) is 77.6 Å². The van der Waals surface area contributed by atoms with Gasteiger partial charge in [-0.05, 0) is 43.2 Å². The zero-order chi connectivity index (χ0) is 14.7. The van der Waals surface area contributed by atoms with E-state index in [9.17, 15) is 0 Å². The molecule has 0 aliphatic carbocycles. The Morgan fingerprint density at radius 3 is 2.33 bits per heavy atom. The molecule has 0 spiro atoms. The first kappa shape index (κ1) is 13.4. The van der Waals surface area contributed by atoms with E-state index in [1.54, 1.807) is 0 Å². The highest BCUT2D eigenvalue weighted by Crippen LogP contribution is 2.20. The Labute approximate surface area is 125 Å². The van der Waals surface area contributed by atoms with E-state index < -0.39 is 0 Å². The number of hydrogen-bond donors (Lipinski definition) is 1. The lowest BCUT2D eigenvalue weighted by Gasteiger charge is -2.11. The minimum Gasteiger partial charge on any atom is -0.379 e. The van der Waals surface area contributed by atoms with Crippen LogP contribution in [0.4, 0.5) is 5.69 Å². The van der Waals surface area contributed by atoms with E-state index >= 15 is 0 Å². The molecule has 21 heavy (non-hydrogen) atoms. The first-order valence-corrected chi connectivity index (χ1v) is 7.14. The van der Waals surface area contributed by atoms with Gasteiger partial charge >= 0.3 is 0 Å². The number of nitrogens with one attached hydrogen (secondary N) is 1. The molecule has 0 aliphatic rings. The Balaban J connectivity index is 1.74. The van der Waals surface area contributed by atoms with Crippen molar-refractivity contribution in [3.8, 4) is 5.69 Å². The standard InChI is InChI=1S/C18H19N3/c1-14-7-6-8-15(2)18(14)19-13-16-11-12-21(20-16)17-9-4-3-5-10-17/h3-12,19H,13H2,1-2H3. The summed E-state index contributed by atoms with van der Waals surface area (Å²) in [5.41, 5.74) is 5.83. The van der Waals surface area contributed by atoms with E-state index in [4.69, 9.17) is 0 Å². The first-order valence-electron chi connectivity index (χ1n) is 7.14. The van der Waals surface area contributed by atoms with Gasteiger partial charge in [0.2, 0.25) is 0 Å². The molecule has 3 heteroatoms. The molecular weight excluding hydrogens is 258 g/mol. The predicted molar refractivity (Wildman–Crippen MR) is 86.8 cm³/mol. The summed E-state index contributed by atoms with van der Waals surface area (Å²) in [5.74, 6) is 0. The Kier molecular flexibility index (Phi) is 3.73. The number of aromatic nitrogens is 2. The fraction of sp³-hybridized carbons (Fsp3) is 0.167. The molecule has 0 fully saturated rings. The monoisotopic (exact) mass is 277 g/mol. The summed E-state index contributed by atoms with van der Waals surface area (Å²) < 4.78 is 1.90. The van der Waals surface area contributed by atoms with Crippen molar-refractivity contribution in [2.24, 2.45) is 0 Å². The van der Waals surface area contributed by atoms with E-state index in [0.29, 0.717) is 0 Å². The van der Waals surface area contributed by atoms with Crippen LogP contribution in [0.5, 0.6) is 0 Å². The van der Waals surface area contributed by atoms with E-state index in [0.717, 1.165) is 17.9 Å². The summed E-state index contributed by atoms with van der Waals surface area (Å²) >= 11 is 0. The Bertz CT molecular complexity index is 709. The summed E-state index contributed by atoms with van der Waals surface area (Å²) in [6.07, 6.45) is 2.00. The highest BCUT2D eigenvalue weighted by molar-refractivity contribution is 5.56. The van der Waals surface area contributed by atoms with Crippen LogP contribution in [-0.4, -0.2) is 9.78 Å². The molecule has 0 bridgehead atoms. The lowest BCUT2D eigenvalue weighted by atomic mass is 10.1. The van der Waals surface area contributed by atoms with Gasteiger partial charge in [-0.25, -0.2) is 4.68 Å². The van der Waals surface area contributed by atoms with Crippen LogP contribution >= 0.6 is 0 Å². The summed E-state index contributed by atoms with van der Waals surface area (Å²) in [5, 5.41) is 8.10. The van der Waals surface area contributed by atoms with Gasteiger partial charge in [-0.15, -0.1) is 0 Å². The lowest BCUT2D eigenvalue weighted by molar-refractivity contribution is 0.843. The molecule has 1 heterocycles. The molecule has 0 saturated heterocycles. The van der Waals surface area contributed by atoms with Crippen LogP contribution in [-0.2, 0) is 6.54 Å². The molecule has 2 aromatic carbocycles. The third-order valence-corrected chi connectivity index (χ3v) is 3.59. The molecule has 0 amide bonds. The molecule has 1 N–H and O–H groups in total. The SMILES string of the molecule is Cc1cccc(C)c1NCc1ccn(-c2ccccc2)n1. The zero-order valence-electron chi connectivity index (χ0n) is 12.4. The molecular formula is C18H19N3. The van der Waals surface area contributed by atoms with E-state index in [2.05, 4.69) is 54.6 Å². The molecule has 3 aromatic rings. The average molecular weight is 277 g/mol. The van der Waals surface area contributed by atoms with Crippen molar-refractivity contribution < 1.29 is 0 Å². The van der Waals surface area contributed by atoms with Gasteiger partial charge in [0.15, 0.2) is 0 Å². The van der Waals surface area contributed by atoms with Gasteiger partial charge in [0.05, 0.1) is 17.9 Å². The maximum Gasteiger partial charge on any atom is 0.0819 e. The molecule has 0 saturated carbocycles. The van der Waals surface area contributed by atoms with Crippen LogP contribution in [0.25, 0.3) is 5.69 Å². The minimum absolute atomic E-state index is 0.728. The maximum absolute atomic E-state index is 4.61. The Morgan fingerprint density at radius 1 is 0.905 bits per heavy atom. The minimum atomic E-state index is 0.728. The lowest BCUT2D eigenvalue weighted by Crippen LogP contribution is -2.04. The number of anilines is 1. The second-order valence-corrected chi connectivity index (χ2v) is 5.21. The Hall–Kier alpha value is -2.55. The molecule has 3 nitrogen and oxygen atoms in total. The van der Waals surface area contributed by atoms with Crippen LogP contribution in [0, 0.1) is 13.8 Å². The van der Waals surface area contributed by atoms with Crippen molar-refractivity contribution in [2.75, 3.05) is 5.32 Å². The Morgan fingerprint density at radius 2 is 1.62 bits per heavy atom. The number of hydrogen-bond acceptors (Lipinski definition) is 2. The van der Waals surface area contributed by atoms with Crippen LogP contribution in [0.2, 0.25) is 0 Å². The molecule has 0 atom stereocenters. The van der Waals surface area contributed by atoms with Crippen LogP contribution in [0.15, 0.2) is 60.8 Å². The van der Waals surface area contributed by atoms with Gasteiger partial charge in [0, 0.05) is 11.9 Å². The summed E-state index contributed by atoms with van der Waals surface area (Å²) in [7, 11) is 0. The van der Waals surface area contributed by atoms with Crippen molar-refractivity contribution in [1.29, 1.82) is 0 Å². The third-order valence-electron chi connectivity index (χ3n) is 3.59. The normalized spacial score (nSPS) is 10.6. The third kappa shape index (κ3) is 2.97. The highest BCUT2D eigenvalue weighted by atomic mass is 15.3. The van der Waals surface area contributed by atoms with Gasteiger partial charge < -0.3 is 5.32 Å². The van der Waals surface area contributed by atoms with Gasteiger partial charge in [-0.3, -0.25) is 0 Å². The quantitative estimate of drug-likeness (QED) is 0.778. The first-order chi connectivity index (χ1) is 10.2. The fourth-order valence-electron chi connectivity index (χ4n) is 2.45. The molecule has 0 aliphatic heterocycles. The largest absolute Gasteiger partial charge is 0.379 e. The van der Waals surface area contributed by atoms with Crippen LogP contribution in [0.1, 0.15) is 16.8 Å². The number of aryl methyl sites for hydroxylation is 2.